The van der Waals surface area contributed by atoms with Crippen molar-refractivity contribution in [3.05, 3.63) is 27.7 Å². The van der Waals surface area contributed by atoms with E-state index in [4.69, 9.17) is 38.9 Å². The van der Waals surface area contributed by atoms with E-state index in [9.17, 15) is 0 Å². The molecule has 0 bridgehead atoms. The highest BCUT2D eigenvalue weighted by atomic mass is 35.5. The average Bonchev–Trinajstić information content (AvgIpc) is 2.33. The predicted octanol–water partition coefficient (Wildman–Crippen LogP) is 3.81. The van der Waals surface area contributed by atoms with Crippen LogP contribution in [0.25, 0.3) is 0 Å². The monoisotopic (exact) mass is 300 g/mol. The van der Waals surface area contributed by atoms with Gasteiger partial charge in [0.15, 0.2) is 0 Å². The maximum atomic E-state index is 8.96. The Balaban J connectivity index is 2.80. The second-order valence-electron chi connectivity index (χ2n) is 5.01. The minimum absolute atomic E-state index is 0.410. The van der Waals surface area contributed by atoms with Gasteiger partial charge in [-0.15, -0.1) is 0 Å². The zero-order valence-electron chi connectivity index (χ0n) is 11.2. The summed E-state index contributed by atoms with van der Waals surface area (Å²) in [5.41, 5.74) is 6.05. The van der Waals surface area contributed by atoms with Crippen LogP contribution in [0.1, 0.15) is 25.8 Å². The standard InChI is InChI=1S/C14H18Cl2N2O/c1-14(2,9-18)4-6-19-13-10(3-5-17)7-11(15)8-12(13)16/h7-8H,3-6,17H2,1-2H3. The number of nitriles is 1. The Morgan fingerprint density at radius 1 is 1.37 bits per heavy atom. The summed E-state index contributed by atoms with van der Waals surface area (Å²) in [6.07, 6.45) is 1.28. The van der Waals surface area contributed by atoms with Crippen LogP contribution in [-0.4, -0.2) is 13.2 Å². The van der Waals surface area contributed by atoms with E-state index in [1.165, 1.54) is 0 Å². The first-order chi connectivity index (χ1) is 8.89. The molecule has 5 heteroatoms. The molecule has 1 rings (SSSR count). The van der Waals surface area contributed by atoms with Crippen molar-refractivity contribution >= 4 is 23.2 Å². The lowest BCUT2D eigenvalue weighted by atomic mass is 9.92. The summed E-state index contributed by atoms with van der Waals surface area (Å²) in [5.74, 6) is 0.616. The molecule has 0 unspecified atom stereocenters. The Labute approximate surface area is 124 Å². The molecule has 0 aliphatic rings. The smallest absolute Gasteiger partial charge is 0.141 e. The lowest BCUT2D eigenvalue weighted by Crippen LogP contribution is -2.14. The summed E-state index contributed by atoms with van der Waals surface area (Å²) in [4.78, 5) is 0. The summed E-state index contributed by atoms with van der Waals surface area (Å²) >= 11 is 12.1. The third kappa shape index (κ3) is 4.91. The molecule has 0 amide bonds. The first-order valence-corrected chi connectivity index (χ1v) is 6.87. The molecular weight excluding hydrogens is 283 g/mol. The number of hydrogen-bond acceptors (Lipinski definition) is 3. The van der Waals surface area contributed by atoms with Gasteiger partial charge in [0, 0.05) is 5.02 Å². The van der Waals surface area contributed by atoms with Gasteiger partial charge in [-0.2, -0.15) is 5.26 Å². The number of ether oxygens (including phenoxy) is 1. The molecular formula is C14H18Cl2N2O. The topological polar surface area (TPSA) is 59.0 Å². The van der Waals surface area contributed by atoms with Gasteiger partial charge in [0.1, 0.15) is 5.75 Å². The summed E-state index contributed by atoms with van der Waals surface area (Å²) in [6.45, 7) is 4.68. The van der Waals surface area contributed by atoms with Gasteiger partial charge in [-0.05, 0) is 50.9 Å². The van der Waals surface area contributed by atoms with E-state index in [0.717, 1.165) is 5.56 Å². The van der Waals surface area contributed by atoms with Gasteiger partial charge in [-0.1, -0.05) is 23.2 Å². The SMILES string of the molecule is CC(C)(C#N)CCOc1c(Cl)cc(Cl)cc1CCN. The molecule has 0 atom stereocenters. The number of nitrogens with two attached hydrogens (primary N) is 1. The molecule has 0 aliphatic heterocycles. The maximum absolute atomic E-state index is 8.96. The third-order valence-corrected chi connectivity index (χ3v) is 3.27. The second-order valence-corrected chi connectivity index (χ2v) is 5.85. The molecule has 0 aromatic heterocycles. The van der Waals surface area contributed by atoms with Crippen LogP contribution in [0.2, 0.25) is 10.0 Å². The van der Waals surface area contributed by atoms with E-state index in [0.29, 0.717) is 41.8 Å². The fourth-order valence-corrected chi connectivity index (χ4v) is 2.17. The van der Waals surface area contributed by atoms with Crippen molar-refractivity contribution in [2.24, 2.45) is 11.1 Å². The summed E-state index contributed by atoms with van der Waals surface area (Å²) in [5, 5.41) is 10.0. The van der Waals surface area contributed by atoms with E-state index < -0.39 is 5.41 Å². The molecule has 0 saturated carbocycles. The van der Waals surface area contributed by atoms with Crippen LogP contribution in [0.3, 0.4) is 0 Å². The zero-order chi connectivity index (χ0) is 14.5. The van der Waals surface area contributed by atoms with Crippen LogP contribution in [-0.2, 0) is 6.42 Å². The van der Waals surface area contributed by atoms with Gasteiger partial charge < -0.3 is 10.5 Å². The fraction of sp³-hybridized carbons (Fsp3) is 0.500. The molecule has 0 fully saturated rings. The van der Waals surface area contributed by atoms with Crippen molar-refractivity contribution < 1.29 is 4.74 Å². The van der Waals surface area contributed by atoms with E-state index in [-0.39, 0.29) is 0 Å². The molecule has 0 radical (unpaired) electrons. The number of nitrogens with zero attached hydrogens (tertiary/aromatic N) is 1. The Morgan fingerprint density at radius 3 is 2.63 bits per heavy atom. The van der Waals surface area contributed by atoms with Crippen LogP contribution in [0.5, 0.6) is 5.75 Å². The van der Waals surface area contributed by atoms with Gasteiger partial charge in [-0.3, -0.25) is 0 Å². The van der Waals surface area contributed by atoms with Gasteiger partial charge >= 0.3 is 0 Å². The summed E-state index contributed by atoms with van der Waals surface area (Å²) in [6, 6.07) is 5.69. The summed E-state index contributed by atoms with van der Waals surface area (Å²) in [7, 11) is 0. The molecule has 3 nitrogen and oxygen atoms in total. The fourth-order valence-electron chi connectivity index (χ4n) is 1.58. The van der Waals surface area contributed by atoms with Crippen molar-refractivity contribution in [2.75, 3.05) is 13.2 Å². The van der Waals surface area contributed by atoms with Crippen LogP contribution >= 0.6 is 23.2 Å². The molecule has 1 aromatic carbocycles. The van der Waals surface area contributed by atoms with E-state index in [2.05, 4.69) is 6.07 Å². The van der Waals surface area contributed by atoms with Crippen LogP contribution in [0.4, 0.5) is 0 Å². The van der Waals surface area contributed by atoms with E-state index in [1.54, 1.807) is 6.07 Å². The molecule has 2 N–H and O–H groups in total. The average molecular weight is 301 g/mol. The van der Waals surface area contributed by atoms with Gasteiger partial charge in [0.25, 0.3) is 0 Å². The number of benzene rings is 1. The largest absolute Gasteiger partial charge is 0.492 e. The molecule has 1 aromatic rings. The second kappa shape index (κ2) is 7.00. The Bertz CT molecular complexity index is 481. The normalized spacial score (nSPS) is 11.2. The predicted molar refractivity (Wildman–Crippen MR) is 78.7 cm³/mol. The first-order valence-electron chi connectivity index (χ1n) is 6.11. The minimum Gasteiger partial charge on any atom is -0.492 e. The van der Waals surface area contributed by atoms with Crippen molar-refractivity contribution in [1.82, 2.24) is 0 Å². The quantitative estimate of drug-likeness (QED) is 0.869. The van der Waals surface area contributed by atoms with Crippen LogP contribution in [0.15, 0.2) is 12.1 Å². The lowest BCUT2D eigenvalue weighted by molar-refractivity contribution is 0.262. The van der Waals surface area contributed by atoms with E-state index in [1.807, 2.05) is 19.9 Å². The summed E-state index contributed by atoms with van der Waals surface area (Å²) < 4.78 is 5.72. The van der Waals surface area contributed by atoms with Gasteiger partial charge in [0.05, 0.1) is 23.1 Å². The number of halogens is 2. The van der Waals surface area contributed by atoms with Crippen molar-refractivity contribution in [1.29, 1.82) is 5.26 Å². The maximum Gasteiger partial charge on any atom is 0.141 e. The van der Waals surface area contributed by atoms with Gasteiger partial charge in [-0.25, -0.2) is 0 Å². The Hall–Kier alpha value is -0.950. The van der Waals surface area contributed by atoms with Gasteiger partial charge in [0.2, 0.25) is 0 Å². The Morgan fingerprint density at radius 2 is 2.05 bits per heavy atom. The van der Waals surface area contributed by atoms with Crippen LogP contribution in [0, 0.1) is 16.7 Å². The van der Waals surface area contributed by atoms with E-state index >= 15 is 0 Å². The molecule has 0 aliphatic carbocycles. The number of rotatable bonds is 6. The van der Waals surface area contributed by atoms with Crippen molar-refractivity contribution in [2.45, 2.75) is 26.7 Å². The molecule has 104 valence electrons. The molecule has 0 spiro atoms. The zero-order valence-corrected chi connectivity index (χ0v) is 12.7. The first kappa shape index (κ1) is 16.1. The molecule has 0 heterocycles. The highest BCUT2D eigenvalue weighted by Gasteiger charge is 2.17. The third-order valence-electron chi connectivity index (χ3n) is 2.78. The lowest BCUT2D eigenvalue weighted by Gasteiger charge is -2.18. The minimum atomic E-state index is -0.410. The van der Waals surface area contributed by atoms with Crippen molar-refractivity contribution in [3.8, 4) is 11.8 Å². The van der Waals surface area contributed by atoms with Crippen LogP contribution < -0.4 is 10.5 Å². The highest BCUT2D eigenvalue weighted by Crippen LogP contribution is 2.33. The number of hydrogen-bond donors (Lipinski definition) is 1. The highest BCUT2D eigenvalue weighted by molar-refractivity contribution is 6.35. The molecule has 19 heavy (non-hydrogen) atoms. The van der Waals surface area contributed by atoms with Crippen molar-refractivity contribution in [3.63, 3.8) is 0 Å². The Kier molecular flexibility index (Phi) is 5.93. The molecule has 0 saturated heterocycles.